The number of H-pyrrole nitrogens is 2. The number of carbonyl (C=O) groups is 1. The fourth-order valence-electron chi connectivity index (χ4n) is 2.84. The molecule has 4 N–H and O–H groups in total. The summed E-state index contributed by atoms with van der Waals surface area (Å²) in [5.74, 6) is -0.394. The lowest BCUT2D eigenvalue weighted by atomic mass is 10.2. The van der Waals surface area contributed by atoms with Gasteiger partial charge in [-0.2, -0.15) is 0 Å². The van der Waals surface area contributed by atoms with Gasteiger partial charge in [0.05, 0.1) is 21.6 Å². The van der Waals surface area contributed by atoms with Gasteiger partial charge in [0.15, 0.2) is 4.77 Å². The Kier molecular flexibility index (Phi) is 4.91. The van der Waals surface area contributed by atoms with Crippen molar-refractivity contribution in [3.8, 4) is 0 Å². The van der Waals surface area contributed by atoms with Crippen LogP contribution in [-0.2, 0) is 10.0 Å². The van der Waals surface area contributed by atoms with Gasteiger partial charge in [0.25, 0.3) is 15.9 Å². The highest BCUT2D eigenvalue weighted by atomic mass is 32.2. The molecule has 0 aliphatic heterocycles. The zero-order valence-electron chi connectivity index (χ0n) is 15.0. The van der Waals surface area contributed by atoms with Gasteiger partial charge in [-0.1, -0.05) is 24.3 Å². The van der Waals surface area contributed by atoms with Crippen LogP contribution in [0.3, 0.4) is 0 Å². The minimum Gasteiger partial charge on any atom is -0.331 e. The number of amides is 1. The number of fused-ring (bicyclic) bond motifs is 1. The molecule has 0 aliphatic carbocycles. The molecule has 1 amide bonds. The Hall–Kier alpha value is -3.43. The molecule has 0 radical (unpaired) electrons. The lowest BCUT2D eigenvalue weighted by Crippen LogP contribution is -2.16. The number of anilines is 2. The van der Waals surface area contributed by atoms with Crippen molar-refractivity contribution >= 4 is 50.6 Å². The molecular formula is C20H16N4O3S2. The molecule has 0 atom stereocenters. The second kappa shape index (κ2) is 7.53. The van der Waals surface area contributed by atoms with Crippen molar-refractivity contribution in [3.05, 3.63) is 83.1 Å². The summed E-state index contributed by atoms with van der Waals surface area (Å²) in [6.07, 6.45) is 0. The molecule has 0 saturated heterocycles. The summed E-state index contributed by atoms with van der Waals surface area (Å²) in [6, 6.07) is 19.8. The van der Waals surface area contributed by atoms with Crippen molar-refractivity contribution in [1.29, 1.82) is 0 Å². The summed E-state index contributed by atoms with van der Waals surface area (Å²) in [6.45, 7) is 0. The highest BCUT2D eigenvalue weighted by Gasteiger charge is 2.17. The largest absolute Gasteiger partial charge is 0.331 e. The summed E-state index contributed by atoms with van der Waals surface area (Å²) in [5.41, 5.74) is 2.70. The summed E-state index contributed by atoms with van der Waals surface area (Å²) in [7, 11) is -3.88. The standard InChI is InChI=1S/C20H16N4O3S2/c25-19(21-14-6-2-1-3-7-14)13-5-4-8-16(11-13)29(26,27)24-15-9-10-17-18(12-15)23-20(28)22-17/h1-12,24H,(H,21,25)(H2,22,23,28). The van der Waals surface area contributed by atoms with Crippen molar-refractivity contribution < 1.29 is 13.2 Å². The van der Waals surface area contributed by atoms with Crippen LogP contribution in [0.25, 0.3) is 11.0 Å². The van der Waals surface area contributed by atoms with E-state index in [-0.39, 0.29) is 10.5 Å². The first kappa shape index (κ1) is 18.9. The third-order valence-electron chi connectivity index (χ3n) is 4.21. The number of hydrogen-bond acceptors (Lipinski definition) is 4. The number of aromatic nitrogens is 2. The smallest absolute Gasteiger partial charge is 0.261 e. The fraction of sp³-hybridized carbons (Fsp3) is 0. The third kappa shape index (κ3) is 4.20. The van der Waals surface area contributed by atoms with Crippen LogP contribution in [0.4, 0.5) is 11.4 Å². The molecule has 3 aromatic carbocycles. The molecule has 0 fully saturated rings. The van der Waals surface area contributed by atoms with E-state index in [1.165, 1.54) is 18.2 Å². The molecular weight excluding hydrogens is 408 g/mol. The van der Waals surface area contributed by atoms with Crippen molar-refractivity contribution in [2.45, 2.75) is 4.90 Å². The van der Waals surface area contributed by atoms with Gasteiger partial charge in [0.1, 0.15) is 0 Å². The van der Waals surface area contributed by atoms with Crippen LogP contribution >= 0.6 is 12.2 Å². The van der Waals surface area contributed by atoms with Crippen LogP contribution in [0.15, 0.2) is 77.7 Å². The topological polar surface area (TPSA) is 107 Å². The van der Waals surface area contributed by atoms with Crippen LogP contribution in [0.1, 0.15) is 10.4 Å². The summed E-state index contributed by atoms with van der Waals surface area (Å²) in [4.78, 5) is 18.3. The van der Waals surface area contributed by atoms with E-state index in [2.05, 4.69) is 20.0 Å². The lowest BCUT2D eigenvalue weighted by Gasteiger charge is -2.10. The molecule has 0 unspecified atom stereocenters. The van der Waals surface area contributed by atoms with E-state index in [0.717, 1.165) is 5.52 Å². The molecule has 7 nitrogen and oxygen atoms in total. The number of para-hydroxylation sites is 1. The Morgan fingerprint density at radius 1 is 0.828 bits per heavy atom. The van der Waals surface area contributed by atoms with Gasteiger partial charge in [-0.3, -0.25) is 9.52 Å². The molecule has 0 spiro atoms. The fourth-order valence-corrected chi connectivity index (χ4v) is 4.15. The van der Waals surface area contributed by atoms with E-state index >= 15 is 0 Å². The zero-order chi connectivity index (χ0) is 20.4. The Balaban J connectivity index is 1.58. The SMILES string of the molecule is O=C(Nc1ccccc1)c1cccc(S(=O)(=O)Nc2ccc3[nH]c(=S)[nH]c3c2)c1. The Morgan fingerprint density at radius 2 is 1.59 bits per heavy atom. The highest BCUT2D eigenvalue weighted by Crippen LogP contribution is 2.21. The molecule has 0 saturated carbocycles. The first-order valence-electron chi connectivity index (χ1n) is 8.62. The first-order valence-corrected chi connectivity index (χ1v) is 10.5. The lowest BCUT2D eigenvalue weighted by molar-refractivity contribution is 0.102. The minimum atomic E-state index is -3.88. The van der Waals surface area contributed by atoms with Crippen molar-refractivity contribution in [1.82, 2.24) is 9.97 Å². The third-order valence-corrected chi connectivity index (χ3v) is 5.79. The van der Waals surface area contributed by atoms with E-state index in [4.69, 9.17) is 12.2 Å². The molecule has 29 heavy (non-hydrogen) atoms. The molecule has 1 heterocycles. The van der Waals surface area contributed by atoms with E-state index in [1.807, 2.05) is 6.07 Å². The maximum Gasteiger partial charge on any atom is 0.261 e. The number of imidazole rings is 1. The van der Waals surface area contributed by atoms with Crippen LogP contribution < -0.4 is 10.0 Å². The second-order valence-electron chi connectivity index (χ2n) is 6.29. The maximum absolute atomic E-state index is 12.8. The first-order chi connectivity index (χ1) is 13.9. The molecule has 146 valence electrons. The average Bonchev–Trinajstić information content (AvgIpc) is 3.08. The van der Waals surface area contributed by atoms with Crippen molar-refractivity contribution in [3.63, 3.8) is 0 Å². The quantitative estimate of drug-likeness (QED) is 0.359. The highest BCUT2D eigenvalue weighted by molar-refractivity contribution is 7.92. The summed E-state index contributed by atoms with van der Waals surface area (Å²) >= 11 is 5.04. The van der Waals surface area contributed by atoms with Crippen LogP contribution in [0.2, 0.25) is 0 Å². The molecule has 4 aromatic rings. The van der Waals surface area contributed by atoms with Gasteiger partial charge in [-0.05, 0) is 60.7 Å². The number of carbonyl (C=O) groups excluding carboxylic acids is 1. The Morgan fingerprint density at radius 3 is 2.38 bits per heavy atom. The van der Waals surface area contributed by atoms with Crippen LogP contribution in [-0.4, -0.2) is 24.3 Å². The minimum absolute atomic E-state index is 0.0136. The van der Waals surface area contributed by atoms with E-state index in [0.29, 0.717) is 21.7 Å². The molecule has 4 rings (SSSR count). The second-order valence-corrected chi connectivity index (χ2v) is 8.38. The number of benzene rings is 3. The number of hydrogen-bond donors (Lipinski definition) is 4. The van der Waals surface area contributed by atoms with Gasteiger partial charge in [0.2, 0.25) is 0 Å². The predicted molar refractivity (Wildman–Crippen MR) is 115 cm³/mol. The Bertz CT molecular complexity index is 1360. The van der Waals surface area contributed by atoms with E-state index in [9.17, 15) is 13.2 Å². The number of rotatable bonds is 5. The maximum atomic E-state index is 12.8. The predicted octanol–water partition coefficient (Wildman–Crippen LogP) is 4.28. The van der Waals surface area contributed by atoms with E-state index in [1.54, 1.807) is 48.5 Å². The molecule has 9 heteroatoms. The Labute approximate surface area is 171 Å². The molecule has 1 aromatic heterocycles. The van der Waals surface area contributed by atoms with Crippen LogP contribution in [0.5, 0.6) is 0 Å². The van der Waals surface area contributed by atoms with Gasteiger partial charge in [-0.15, -0.1) is 0 Å². The van der Waals surface area contributed by atoms with E-state index < -0.39 is 15.9 Å². The normalized spacial score (nSPS) is 11.3. The summed E-state index contributed by atoms with van der Waals surface area (Å²) in [5, 5.41) is 2.74. The number of nitrogens with one attached hydrogen (secondary N) is 4. The molecule has 0 aliphatic rings. The van der Waals surface area contributed by atoms with Gasteiger partial charge < -0.3 is 15.3 Å². The zero-order valence-corrected chi connectivity index (χ0v) is 16.6. The van der Waals surface area contributed by atoms with Crippen LogP contribution in [0, 0.1) is 4.77 Å². The number of sulfonamides is 1. The van der Waals surface area contributed by atoms with Gasteiger partial charge in [-0.25, -0.2) is 8.42 Å². The van der Waals surface area contributed by atoms with Gasteiger partial charge in [0, 0.05) is 11.3 Å². The molecule has 0 bridgehead atoms. The van der Waals surface area contributed by atoms with Crippen molar-refractivity contribution in [2.24, 2.45) is 0 Å². The monoisotopic (exact) mass is 424 g/mol. The van der Waals surface area contributed by atoms with Crippen molar-refractivity contribution in [2.75, 3.05) is 10.0 Å². The average molecular weight is 425 g/mol. The van der Waals surface area contributed by atoms with Gasteiger partial charge >= 0.3 is 0 Å². The number of aromatic amines is 2. The summed E-state index contributed by atoms with van der Waals surface area (Å²) < 4.78 is 28.6.